The smallest absolute Gasteiger partial charge is 0.0831 e. The Morgan fingerprint density at radius 3 is 1.88 bits per heavy atom. The third-order valence-electron chi connectivity index (χ3n) is 1.23. The van der Waals surface area contributed by atoms with E-state index in [1.165, 1.54) is 15.7 Å². The second-order valence-electron chi connectivity index (χ2n) is 3.08. The summed E-state index contributed by atoms with van der Waals surface area (Å²) in [6, 6.07) is 0. The van der Waals surface area contributed by atoms with E-state index in [-0.39, 0.29) is 0 Å². The van der Waals surface area contributed by atoms with Crippen LogP contribution in [0.4, 0.5) is 0 Å². The summed E-state index contributed by atoms with van der Waals surface area (Å²) in [5, 5.41) is 0. The quantitative estimate of drug-likeness (QED) is 0.556. The Morgan fingerprint density at radius 1 is 1.38 bits per heavy atom. The van der Waals surface area contributed by atoms with E-state index in [0.717, 1.165) is 0 Å². The molecular formula is C5H12P2Si. The normalized spacial score (nSPS) is 14.4. The molecule has 1 aromatic rings. The lowest BCUT2D eigenvalue weighted by Gasteiger charge is -2.17. The average molecular weight is 162 g/mol. The van der Waals surface area contributed by atoms with Gasteiger partial charge in [-0.1, -0.05) is 19.6 Å². The Bertz CT molecular complexity index is 149. The Morgan fingerprint density at radius 2 is 1.88 bits per heavy atom. The zero-order valence-electron chi connectivity index (χ0n) is 5.58. The molecule has 2 atom stereocenters. The van der Waals surface area contributed by atoms with Gasteiger partial charge in [0.1, 0.15) is 0 Å². The van der Waals surface area contributed by atoms with Gasteiger partial charge in [0.25, 0.3) is 0 Å². The predicted octanol–water partition coefficient (Wildman–Crippen LogP) is 2.29. The van der Waals surface area contributed by atoms with Crippen LogP contribution in [0.2, 0.25) is 19.6 Å². The zero-order chi connectivity index (χ0) is 6.20. The highest BCUT2D eigenvalue weighted by Gasteiger charge is 2.16. The molecule has 0 spiro atoms. The van der Waals surface area contributed by atoms with E-state index < -0.39 is 8.07 Å². The third-order valence-corrected chi connectivity index (χ3v) is 9.61. The van der Waals surface area contributed by atoms with Gasteiger partial charge >= 0.3 is 0 Å². The van der Waals surface area contributed by atoms with Gasteiger partial charge in [0.05, 0.1) is 8.07 Å². The molecule has 46 valence electrons. The summed E-state index contributed by atoms with van der Waals surface area (Å²) in [7, 11) is 1.60. The van der Waals surface area contributed by atoms with E-state index in [9.17, 15) is 0 Å². The summed E-state index contributed by atoms with van der Waals surface area (Å²) in [5.74, 6) is 2.45. The van der Waals surface area contributed by atoms with Gasteiger partial charge in [-0.2, -0.15) is 0 Å². The van der Waals surface area contributed by atoms with Crippen LogP contribution in [0.15, 0.2) is 5.80 Å². The predicted molar refractivity (Wildman–Crippen MR) is 48.4 cm³/mol. The molecule has 0 fully saturated rings. The summed E-state index contributed by atoms with van der Waals surface area (Å²) < 4.78 is 0. The number of hydrogen-bond acceptors (Lipinski definition) is 0. The molecule has 0 radical (unpaired) electrons. The number of hydrogen-bond donors (Lipinski definition) is 0. The Hall–Kier alpha value is 0.557. The fraction of sp³-hybridized carbons (Fsp3) is 0.600. The molecule has 3 heteroatoms. The minimum Gasteiger partial charge on any atom is -0.123 e. The van der Waals surface area contributed by atoms with Crippen LogP contribution in [-0.2, 0) is 0 Å². The fourth-order valence-corrected chi connectivity index (χ4v) is 9.61. The first-order valence-corrected chi connectivity index (χ1v) is 9.40. The van der Waals surface area contributed by atoms with Crippen molar-refractivity contribution in [3.8, 4) is 0 Å². The van der Waals surface area contributed by atoms with Crippen LogP contribution < -0.4 is 4.92 Å². The summed E-state index contributed by atoms with van der Waals surface area (Å²) in [5.41, 5.74) is 0. The standard InChI is InChI=1S/C5H12P2Si/c1-8(2,3)5-4-6-7-5/h4,6-7H,1-3H3. The van der Waals surface area contributed by atoms with Crippen molar-refractivity contribution in [2.24, 2.45) is 0 Å². The lowest BCUT2D eigenvalue weighted by Crippen LogP contribution is -2.35. The van der Waals surface area contributed by atoms with E-state index >= 15 is 0 Å². The molecular weight excluding hydrogens is 150 g/mol. The summed E-state index contributed by atoms with van der Waals surface area (Å²) in [6.07, 6.45) is 0. The molecule has 0 aliphatic heterocycles. The van der Waals surface area contributed by atoms with Crippen molar-refractivity contribution < 1.29 is 0 Å². The Balaban J connectivity index is 2.71. The van der Waals surface area contributed by atoms with Crippen molar-refractivity contribution in [1.29, 1.82) is 0 Å². The second kappa shape index (κ2) is 2.06. The molecule has 0 saturated heterocycles. The summed E-state index contributed by atoms with van der Waals surface area (Å²) in [6.45, 7) is 7.28. The highest BCUT2D eigenvalue weighted by atomic mass is 31.8. The number of rotatable bonds is 1. The van der Waals surface area contributed by atoms with Crippen molar-refractivity contribution >= 4 is 28.7 Å². The van der Waals surface area contributed by atoms with Crippen LogP contribution in [0.5, 0.6) is 0 Å². The van der Waals surface area contributed by atoms with Gasteiger partial charge in [-0.3, -0.25) is 0 Å². The lowest BCUT2D eigenvalue weighted by atomic mass is 11.1. The van der Waals surface area contributed by atoms with Gasteiger partial charge in [0, 0.05) is 0 Å². The van der Waals surface area contributed by atoms with Gasteiger partial charge in [0.15, 0.2) is 0 Å². The van der Waals surface area contributed by atoms with Crippen molar-refractivity contribution in [2.45, 2.75) is 19.6 Å². The van der Waals surface area contributed by atoms with Crippen LogP contribution in [0, 0.1) is 0 Å². The molecule has 0 saturated carbocycles. The molecule has 1 heterocycles. The SMILES string of the molecule is C[Si](C)(C)c1c[pH][pH]1. The van der Waals surface area contributed by atoms with Crippen molar-refractivity contribution in [3.63, 3.8) is 0 Å². The van der Waals surface area contributed by atoms with Gasteiger partial charge in [-0.25, -0.2) is 0 Å². The van der Waals surface area contributed by atoms with Gasteiger partial charge in [-0.15, -0.1) is 15.7 Å². The van der Waals surface area contributed by atoms with Crippen LogP contribution in [0.3, 0.4) is 0 Å². The largest absolute Gasteiger partial charge is 0.123 e. The Kier molecular flexibility index (Phi) is 1.72. The molecule has 0 aromatic carbocycles. The molecule has 0 bridgehead atoms. The first-order valence-electron chi connectivity index (χ1n) is 2.83. The summed E-state index contributed by atoms with van der Waals surface area (Å²) in [4.78, 5) is 1.82. The second-order valence-corrected chi connectivity index (χ2v) is 11.6. The van der Waals surface area contributed by atoms with E-state index in [2.05, 4.69) is 25.4 Å². The maximum atomic E-state index is 2.45. The minimum atomic E-state index is -0.793. The van der Waals surface area contributed by atoms with Crippen LogP contribution >= 0.6 is 15.7 Å². The summed E-state index contributed by atoms with van der Waals surface area (Å²) >= 11 is 0. The molecule has 0 aliphatic carbocycles. The molecule has 2 unspecified atom stereocenters. The molecule has 0 amide bonds. The van der Waals surface area contributed by atoms with E-state index in [1.54, 1.807) is 0 Å². The van der Waals surface area contributed by atoms with Gasteiger partial charge < -0.3 is 0 Å². The highest BCUT2D eigenvalue weighted by molar-refractivity contribution is 7.96. The molecule has 1 rings (SSSR count). The van der Waals surface area contributed by atoms with Crippen LogP contribution in [-0.4, -0.2) is 8.07 Å². The van der Waals surface area contributed by atoms with Crippen molar-refractivity contribution in [3.05, 3.63) is 5.80 Å². The maximum Gasteiger partial charge on any atom is 0.0831 e. The van der Waals surface area contributed by atoms with Crippen LogP contribution in [0.25, 0.3) is 0 Å². The molecule has 0 N–H and O–H groups in total. The molecule has 0 aliphatic rings. The highest BCUT2D eigenvalue weighted by Crippen LogP contribution is 2.25. The minimum absolute atomic E-state index is 0.793. The van der Waals surface area contributed by atoms with Crippen molar-refractivity contribution in [2.75, 3.05) is 0 Å². The lowest BCUT2D eigenvalue weighted by molar-refractivity contribution is 1.80. The third kappa shape index (κ3) is 1.28. The fourth-order valence-electron chi connectivity index (χ4n) is 0.548. The first-order chi connectivity index (χ1) is 3.61. The monoisotopic (exact) mass is 162 g/mol. The topological polar surface area (TPSA) is 0 Å². The van der Waals surface area contributed by atoms with Crippen LogP contribution in [0.1, 0.15) is 0 Å². The molecule has 1 aromatic heterocycles. The molecule has 0 nitrogen and oxygen atoms in total. The van der Waals surface area contributed by atoms with Gasteiger partial charge in [-0.05, 0) is 10.7 Å². The Labute approximate surface area is 54.8 Å². The van der Waals surface area contributed by atoms with Crippen molar-refractivity contribution in [1.82, 2.24) is 0 Å². The van der Waals surface area contributed by atoms with E-state index in [1.807, 2.05) is 4.92 Å². The first kappa shape index (κ1) is 6.67. The average Bonchev–Trinajstić information content (AvgIpc) is 1.16. The zero-order valence-corrected chi connectivity index (χ0v) is 8.58. The van der Waals surface area contributed by atoms with E-state index in [0.29, 0.717) is 0 Å². The molecule has 8 heavy (non-hydrogen) atoms. The van der Waals surface area contributed by atoms with E-state index in [4.69, 9.17) is 0 Å². The van der Waals surface area contributed by atoms with Gasteiger partial charge in [0.2, 0.25) is 0 Å². The maximum absolute atomic E-state index is 2.45.